The first kappa shape index (κ1) is 15.6. The maximum absolute atomic E-state index is 13.8. The normalized spacial score (nSPS) is 10.7. The van der Waals surface area contributed by atoms with Crippen LogP contribution in [0.4, 0.5) is 4.39 Å². The zero-order valence-corrected chi connectivity index (χ0v) is 13.4. The summed E-state index contributed by atoms with van der Waals surface area (Å²) in [5, 5.41) is 0.838. The van der Waals surface area contributed by atoms with E-state index >= 15 is 0 Å². The molecule has 0 saturated carbocycles. The molecule has 2 aromatic rings. The van der Waals surface area contributed by atoms with Crippen molar-refractivity contribution in [2.75, 3.05) is 6.54 Å². The Bertz CT molecular complexity index is 637. The number of hydrogen-bond acceptors (Lipinski definition) is 2. The number of nitrogens with two attached hydrogens (primary N) is 1. The second-order valence-electron chi connectivity index (χ2n) is 4.05. The van der Waals surface area contributed by atoms with Crippen LogP contribution in [0.3, 0.4) is 0 Å². The van der Waals surface area contributed by atoms with Crippen LogP contribution in [-0.4, -0.2) is 6.54 Å². The van der Waals surface area contributed by atoms with Gasteiger partial charge >= 0.3 is 0 Å². The molecular weight excluding hydrogens is 368 g/mol. The van der Waals surface area contributed by atoms with Crippen LogP contribution in [0.15, 0.2) is 34.8 Å². The summed E-state index contributed by atoms with van der Waals surface area (Å²) in [7, 11) is 0. The third kappa shape index (κ3) is 3.44. The van der Waals surface area contributed by atoms with Gasteiger partial charge in [-0.1, -0.05) is 29.3 Å². The Morgan fingerprint density at radius 2 is 1.90 bits per heavy atom. The molecule has 0 radical (unpaired) electrons. The SMILES string of the molecule is NCCc1c(F)cccc1Oc1cc(Cl)c(Br)cc1Cl. The summed E-state index contributed by atoms with van der Waals surface area (Å²) >= 11 is 15.4. The number of ether oxygens (including phenoxy) is 1. The Morgan fingerprint density at radius 3 is 2.60 bits per heavy atom. The molecule has 2 nitrogen and oxygen atoms in total. The summed E-state index contributed by atoms with van der Waals surface area (Å²) in [5.74, 6) is 0.395. The number of benzene rings is 2. The molecule has 0 bridgehead atoms. The molecule has 2 N–H and O–H groups in total. The van der Waals surface area contributed by atoms with Crippen molar-refractivity contribution in [1.29, 1.82) is 0 Å². The maximum Gasteiger partial charge on any atom is 0.147 e. The minimum absolute atomic E-state index is 0.326. The van der Waals surface area contributed by atoms with Gasteiger partial charge in [0.1, 0.15) is 17.3 Å². The molecular formula is C14H11BrCl2FNO. The fourth-order valence-corrected chi connectivity index (χ4v) is 2.55. The smallest absolute Gasteiger partial charge is 0.147 e. The topological polar surface area (TPSA) is 35.2 Å². The van der Waals surface area contributed by atoms with Gasteiger partial charge in [0.2, 0.25) is 0 Å². The van der Waals surface area contributed by atoms with Crippen molar-refractivity contribution in [3.05, 3.63) is 56.2 Å². The Morgan fingerprint density at radius 1 is 1.15 bits per heavy atom. The molecule has 2 rings (SSSR count). The van der Waals surface area contributed by atoms with E-state index in [0.717, 1.165) is 0 Å². The summed E-state index contributed by atoms with van der Waals surface area (Å²) in [6.45, 7) is 0.326. The lowest BCUT2D eigenvalue weighted by molar-refractivity contribution is 0.467. The molecule has 0 amide bonds. The van der Waals surface area contributed by atoms with Crippen molar-refractivity contribution in [1.82, 2.24) is 0 Å². The minimum atomic E-state index is -0.354. The van der Waals surface area contributed by atoms with Crippen LogP contribution in [0.25, 0.3) is 0 Å². The second kappa shape index (κ2) is 6.76. The summed E-state index contributed by atoms with van der Waals surface area (Å²) in [5.41, 5.74) is 5.91. The van der Waals surface area contributed by atoms with Crippen molar-refractivity contribution in [2.24, 2.45) is 5.73 Å². The van der Waals surface area contributed by atoms with Gasteiger partial charge in [0.05, 0.1) is 10.0 Å². The van der Waals surface area contributed by atoms with E-state index in [2.05, 4.69) is 15.9 Å². The summed E-state index contributed by atoms with van der Waals surface area (Å²) in [4.78, 5) is 0. The van der Waals surface area contributed by atoms with E-state index in [4.69, 9.17) is 33.7 Å². The zero-order chi connectivity index (χ0) is 14.7. The van der Waals surface area contributed by atoms with Crippen molar-refractivity contribution >= 4 is 39.1 Å². The lowest BCUT2D eigenvalue weighted by Gasteiger charge is -2.13. The Hall–Kier alpha value is -0.810. The summed E-state index contributed by atoms with van der Waals surface area (Å²) in [6.07, 6.45) is 0.379. The molecule has 106 valence electrons. The molecule has 0 unspecified atom stereocenters. The van der Waals surface area contributed by atoms with E-state index in [1.54, 1.807) is 24.3 Å². The molecule has 20 heavy (non-hydrogen) atoms. The number of hydrogen-bond donors (Lipinski definition) is 1. The van der Waals surface area contributed by atoms with Gasteiger partial charge in [0, 0.05) is 16.1 Å². The predicted molar refractivity (Wildman–Crippen MR) is 83.4 cm³/mol. The molecule has 0 aromatic heterocycles. The highest BCUT2D eigenvalue weighted by atomic mass is 79.9. The van der Waals surface area contributed by atoms with Crippen molar-refractivity contribution < 1.29 is 9.13 Å². The maximum atomic E-state index is 13.8. The van der Waals surface area contributed by atoms with Crippen molar-refractivity contribution in [3.63, 3.8) is 0 Å². The van der Waals surface area contributed by atoms with Gasteiger partial charge in [-0.05, 0) is 47.1 Å². The van der Waals surface area contributed by atoms with Gasteiger partial charge in [0.15, 0.2) is 0 Å². The number of rotatable bonds is 4. The Balaban J connectivity index is 2.40. The quantitative estimate of drug-likeness (QED) is 0.743. The van der Waals surface area contributed by atoms with Crippen LogP contribution < -0.4 is 10.5 Å². The monoisotopic (exact) mass is 377 g/mol. The van der Waals surface area contributed by atoms with E-state index in [1.807, 2.05) is 0 Å². The molecule has 0 spiro atoms. The standard InChI is InChI=1S/C14H11BrCl2FNO/c15-9-6-11(17)14(7-10(9)16)20-13-3-1-2-12(18)8(13)4-5-19/h1-3,6-7H,4-5,19H2. The zero-order valence-electron chi connectivity index (χ0n) is 10.3. The van der Waals surface area contributed by atoms with Crippen LogP contribution in [-0.2, 0) is 6.42 Å². The summed E-state index contributed by atoms with van der Waals surface area (Å²) < 4.78 is 20.1. The molecule has 0 atom stereocenters. The molecule has 0 saturated heterocycles. The Labute approximate surface area is 134 Å². The lowest BCUT2D eigenvalue weighted by Crippen LogP contribution is -2.06. The van der Waals surface area contributed by atoms with E-state index in [-0.39, 0.29) is 5.82 Å². The Kier molecular flexibility index (Phi) is 5.27. The van der Waals surface area contributed by atoms with Gasteiger partial charge in [-0.3, -0.25) is 0 Å². The fourth-order valence-electron chi connectivity index (χ4n) is 1.72. The van der Waals surface area contributed by atoms with E-state index < -0.39 is 0 Å². The van der Waals surface area contributed by atoms with Gasteiger partial charge in [0.25, 0.3) is 0 Å². The van der Waals surface area contributed by atoms with Crippen molar-refractivity contribution in [2.45, 2.75) is 6.42 Å². The highest BCUT2D eigenvalue weighted by molar-refractivity contribution is 9.10. The second-order valence-corrected chi connectivity index (χ2v) is 5.72. The molecule has 2 aromatic carbocycles. The molecule has 6 heteroatoms. The average Bonchev–Trinajstić information content (AvgIpc) is 2.40. The first-order valence-electron chi connectivity index (χ1n) is 5.82. The summed E-state index contributed by atoms with van der Waals surface area (Å²) in [6, 6.07) is 7.81. The largest absolute Gasteiger partial charge is 0.455 e. The fraction of sp³-hybridized carbons (Fsp3) is 0.143. The third-order valence-corrected chi connectivity index (χ3v) is 4.16. The van der Waals surface area contributed by atoms with Crippen LogP contribution in [0.5, 0.6) is 11.5 Å². The third-order valence-electron chi connectivity index (χ3n) is 2.66. The lowest BCUT2D eigenvalue weighted by atomic mass is 10.1. The first-order chi connectivity index (χ1) is 9.52. The highest BCUT2D eigenvalue weighted by Crippen LogP contribution is 2.37. The van der Waals surface area contributed by atoms with Crippen LogP contribution in [0.1, 0.15) is 5.56 Å². The van der Waals surface area contributed by atoms with E-state index in [9.17, 15) is 4.39 Å². The molecule has 0 heterocycles. The van der Waals surface area contributed by atoms with Crippen LogP contribution in [0, 0.1) is 5.82 Å². The van der Waals surface area contributed by atoms with Crippen molar-refractivity contribution in [3.8, 4) is 11.5 Å². The van der Waals surface area contributed by atoms with Crippen LogP contribution >= 0.6 is 39.1 Å². The highest BCUT2D eigenvalue weighted by Gasteiger charge is 2.13. The van der Waals surface area contributed by atoms with Gasteiger partial charge in [-0.25, -0.2) is 4.39 Å². The minimum Gasteiger partial charge on any atom is -0.455 e. The molecule has 0 fully saturated rings. The van der Waals surface area contributed by atoms with Gasteiger partial charge in [-0.15, -0.1) is 0 Å². The van der Waals surface area contributed by atoms with Gasteiger partial charge < -0.3 is 10.5 Å². The molecule has 0 aliphatic carbocycles. The van der Waals surface area contributed by atoms with E-state index in [1.165, 1.54) is 6.07 Å². The molecule has 0 aliphatic rings. The van der Waals surface area contributed by atoms with E-state index in [0.29, 0.717) is 44.5 Å². The van der Waals surface area contributed by atoms with Gasteiger partial charge in [-0.2, -0.15) is 0 Å². The first-order valence-corrected chi connectivity index (χ1v) is 7.37. The predicted octanol–water partition coefficient (Wildman–Crippen LogP) is 5.19. The average molecular weight is 379 g/mol. The molecule has 0 aliphatic heterocycles. The van der Waals surface area contributed by atoms with Crippen LogP contribution in [0.2, 0.25) is 10.0 Å². The number of halogens is 4.